The molecule has 2 rings (SSSR count). The van der Waals surface area contributed by atoms with E-state index < -0.39 is 0 Å². The summed E-state index contributed by atoms with van der Waals surface area (Å²) in [5, 5.41) is 7.45. The van der Waals surface area contributed by atoms with E-state index >= 15 is 0 Å². The lowest BCUT2D eigenvalue weighted by molar-refractivity contribution is -0.143. The van der Waals surface area contributed by atoms with E-state index in [1.165, 1.54) is 0 Å². The first-order valence-corrected chi connectivity index (χ1v) is 5.85. The summed E-state index contributed by atoms with van der Waals surface area (Å²) in [6, 6.07) is 0.371. The molecule has 0 saturated carbocycles. The molecule has 0 aromatic carbocycles. The van der Waals surface area contributed by atoms with Crippen LogP contribution in [0.25, 0.3) is 0 Å². The van der Waals surface area contributed by atoms with Gasteiger partial charge in [0.25, 0.3) is 0 Å². The summed E-state index contributed by atoms with van der Waals surface area (Å²) in [6.45, 7) is 6.30. The Bertz CT molecular complexity index is 263. The second-order valence-electron chi connectivity index (χ2n) is 4.94. The Morgan fingerprint density at radius 3 is 2.80 bits per heavy atom. The Kier molecular flexibility index (Phi) is 2.73. The molecule has 2 saturated heterocycles. The second kappa shape index (κ2) is 3.76. The number of rotatable bonds is 2. The van der Waals surface area contributed by atoms with Gasteiger partial charge in [0, 0.05) is 25.6 Å². The van der Waals surface area contributed by atoms with Crippen LogP contribution in [-0.4, -0.2) is 47.6 Å². The van der Waals surface area contributed by atoms with E-state index in [1.807, 2.05) is 12.1 Å². The van der Waals surface area contributed by atoms with Crippen LogP contribution in [0.2, 0.25) is 0 Å². The van der Waals surface area contributed by atoms with Gasteiger partial charge in [-0.05, 0) is 26.3 Å². The largest absolute Gasteiger partial charge is 0.315 e. The highest BCUT2D eigenvalue weighted by Crippen LogP contribution is 2.33. The Labute approximate surface area is 91.6 Å². The fraction of sp³-hybridized carbons (Fsp3) is 0.909. The molecule has 2 atom stereocenters. The minimum atomic E-state index is 0.0275. The van der Waals surface area contributed by atoms with Gasteiger partial charge in [-0.15, -0.1) is 0 Å². The third-order valence-electron chi connectivity index (χ3n) is 4.03. The molecule has 0 spiro atoms. The minimum Gasteiger partial charge on any atom is -0.315 e. The maximum Gasteiger partial charge on any atom is 0.239 e. The van der Waals surface area contributed by atoms with Crippen LogP contribution >= 0.6 is 0 Å². The average Bonchev–Trinajstić information content (AvgIpc) is 2.76. The molecule has 0 aromatic rings. The van der Waals surface area contributed by atoms with Gasteiger partial charge in [-0.3, -0.25) is 9.80 Å². The maximum atomic E-state index is 12.0. The predicted octanol–water partition coefficient (Wildman–Crippen LogP) is 0.596. The summed E-state index contributed by atoms with van der Waals surface area (Å²) < 4.78 is 0. The zero-order valence-corrected chi connectivity index (χ0v) is 9.92. The van der Waals surface area contributed by atoms with Crippen LogP contribution in [0.4, 0.5) is 0 Å². The van der Waals surface area contributed by atoms with Crippen molar-refractivity contribution in [2.75, 3.05) is 20.1 Å². The van der Waals surface area contributed by atoms with Crippen molar-refractivity contribution in [3.05, 3.63) is 0 Å². The van der Waals surface area contributed by atoms with Gasteiger partial charge >= 0.3 is 0 Å². The number of carbonyl (C=O) groups is 1. The lowest BCUT2D eigenvalue weighted by atomic mass is 9.96. The van der Waals surface area contributed by atoms with Crippen LogP contribution in [0.1, 0.15) is 33.1 Å². The Balaban J connectivity index is 2.15. The van der Waals surface area contributed by atoms with Gasteiger partial charge in [-0.2, -0.15) is 0 Å². The summed E-state index contributed by atoms with van der Waals surface area (Å²) in [5.74, 6) is 0.288. The van der Waals surface area contributed by atoms with Crippen molar-refractivity contribution in [1.29, 1.82) is 0 Å². The molecule has 0 aliphatic carbocycles. The van der Waals surface area contributed by atoms with Gasteiger partial charge in [0.1, 0.15) is 0 Å². The number of nitrogens with zero attached hydrogens (tertiary/aromatic N) is 2. The molecule has 0 aromatic heterocycles. The first kappa shape index (κ1) is 10.9. The zero-order chi connectivity index (χ0) is 11.1. The van der Waals surface area contributed by atoms with E-state index in [2.05, 4.69) is 24.2 Å². The Hall–Kier alpha value is -0.610. The lowest BCUT2D eigenvalue weighted by Gasteiger charge is -2.37. The third-order valence-corrected chi connectivity index (χ3v) is 4.03. The van der Waals surface area contributed by atoms with Crippen molar-refractivity contribution in [3.8, 4) is 0 Å². The molecule has 1 N–H and O–H groups in total. The molecule has 0 radical (unpaired) electrons. The van der Waals surface area contributed by atoms with Crippen molar-refractivity contribution in [1.82, 2.24) is 15.3 Å². The lowest BCUT2D eigenvalue weighted by Crippen LogP contribution is -2.50. The van der Waals surface area contributed by atoms with Crippen molar-refractivity contribution >= 4 is 5.91 Å². The summed E-state index contributed by atoms with van der Waals surface area (Å²) in [6.07, 6.45) is 2.76. The SMILES string of the molecule is CCC1(C)CC(=O)N(C2CCNC2)N1C. The normalized spacial score (nSPS) is 37.9. The Morgan fingerprint density at radius 2 is 2.33 bits per heavy atom. The number of nitrogens with one attached hydrogen (secondary N) is 1. The summed E-state index contributed by atoms with van der Waals surface area (Å²) >= 11 is 0. The second-order valence-corrected chi connectivity index (χ2v) is 4.94. The van der Waals surface area contributed by atoms with E-state index in [0.29, 0.717) is 12.5 Å². The molecule has 4 heteroatoms. The van der Waals surface area contributed by atoms with Crippen molar-refractivity contribution in [2.45, 2.75) is 44.7 Å². The van der Waals surface area contributed by atoms with Gasteiger partial charge in [-0.1, -0.05) is 6.92 Å². The van der Waals surface area contributed by atoms with E-state index in [1.54, 1.807) is 0 Å². The van der Waals surface area contributed by atoms with Crippen molar-refractivity contribution in [2.24, 2.45) is 0 Å². The standard InChI is InChI=1S/C11H21N3O/c1-4-11(2)7-10(15)14(13(11)3)9-5-6-12-8-9/h9,12H,4-8H2,1-3H3. The summed E-state index contributed by atoms with van der Waals surface area (Å²) in [7, 11) is 2.05. The number of hydrazine groups is 1. The fourth-order valence-corrected chi connectivity index (χ4v) is 2.60. The van der Waals surface area contributed by atoms with E-state index in [0.717, 1.165) is 25.9 Å². The van der Waals surface area contributed by atoms with E-state index in [9.17, 15) is 4.79 Å². The predicted molar refractivity (Wildman–Crippen MR) is 59.2 cm³/mol. The summed E-state index contributed by atoms with van der Waals surface area (Å²) in [4.78, 5) is 12.0. The van der Waals surface area contributed by atoms with E-state index in [-0.39, 0.29) is 11.4 Å². The Morgan fingerprint density at radius 1 is 1.60 bits per heavy atom. The first-order valence-electron chi connectivity index (χ1n) is 5.85. The number of hydrogen-bond acceptors (Lipinski definition) is 3. The molecule has 2 unspecified atom stereocenters. The molecule has 4 nitrogen and oxygen atoms in total. The van der Waals surface area contributed by atoms with E-state index in [4.69, 9.17) is 0 Å². The summed E-state index contributed by atoms with van der Waals surface area (Å²) in [5.41, 5.74) is 0.0275. The molecule has 2 fully saturated rings. The monoisotopic (exact) mass is 211 g/mol. The van der Waals surface area contributed by atoms with Crippen LogP contribution in [0, 0.1) is 0 Å². The molecule has 2 heterocycles. The molecule has 2 aliphatic rings. The zero-order valence-electron chi connectivity index (χ0n) is 9.92. The molecular formula is C11H21N3O. The molecule has 1 amide bonds. The van der Waals surface area contributed by atoms with Crippen LogP contribution in [0.15, 0.2) is 0 Å². The van der Waals surface area contributed by atoms with Gasteiger partial charge in [0.05, 0.1) is 6.04 Å². The smallest absolute Gasteiger partial charge is 0.239 e. The highest BCUT2D eigenvalue weighted by atomic mass is 16.2. The maximum absolute atomic E-state index is 12.0. The quantitative estimate of drug-likeness (QED) is 0.726. The highest BCUT2D eigenvalue weighted by Gasteiger charge is 2.46. The molecule has 86 valence electrons. The molecule has 15 heavy (non-hydrogen) atoms. The van der Waals surface area contributed by atoms with Crippen LogP contribution in [-0.2, 0) is 4.79 Å². The highest BCUT2D eigenvalue weighted by molar-refractivity contribution is 5.79. The van der Waals surface area contributed by atoms with Crippen LogP contribution < -0.4 is 5.32 Å². The molecule has 0 bridgehead atoms. The number of amides is 1. The van der Waals surface area contributed by atoms with Crippen molar-refractivity contribution in [3.63, 3.8) is 0 Å². The first-order chi connectivity index (χ1) is 7.08. The van der Waals surface area contributed by atoms with Crippen LogP contribution in [0.5, 0.6) is 0 Å². The minimum absolute atomic E-state index is 0.0275. The fourth-order valence-electron chi connectivity index (χ4n) is 2.60. The van der Waals surface area contributed by atoms with Gasteiger partial charge in [-0.25, -0.2) is 5.01 Å². The van der Waals surface area contributed by atoms with Crippen molar-refractivity contribution < 1.29 is 4.79 Å². The topological polar surface area (TPSA) is 35.6 Å². The van der Waals surface area contributed by atoms with Gasteiger partial charge in [0.15, 0.2) is 0 Å². The molecule has 2 aliphatic heterocycles. The number of carbonyl (C=O) groups excluding carboxylic acids is 1. The van der Waals surface area contributed by atoms with Gasteiger partial charge < -0.3 is 5.32 Å². The van der Waals surface area contributed by atoms with Gasteiger partial charge in [0.2, 0.25) is 5.91 Å². The number of hydrogen-bond donors (Lipinski definition) is 1. The average molecular weight is 211 g/mol. The third kappa shape index (κ3) is 1.66. The van der Waals surface area contributed by atoms with Crippen LogP contribution in [0.3, 0.4) is 0 Å². The molecular weight excluding hydrogens is 190 g/mol.